The van der Waals surface area contributed by atoms with Crippen LogP contribution in [0.2, 0.25) is 5.02 Å². The summed E-state index contributed by atoms with van der Waals surface area (Å²) < 4.78 is 5.79. The molecule has 6 nitrogen and oxygen atoms in total. The minimum atomic E-state index is -0.451. The van der Waals surface area contributed by atoms with E-state index < -0.39 is 6.04 Å². The summed E-state index contributed by atoms with van der Waals surface area (Å²) >= 11 is 5.93. The summed E-state index contributed by atoms with van der Waals surface area (Å²) in [6.07, 6.45) is 0.0886. The molecule has 0 radical (unpaired) electrons. The number of fused-ring (bicyclic) bond motifs is 1. The van der Waals surface area contributed by atoms with E-state index >= 15 is 0 Å². The van der Waals surface area contributed by atoms with Gasteiger partial charge in [-0.2, -0.15) is 0 Å². The highest BCUT2D eigenvalue weighted by molar-refractivity contribution is 6.30. The van der Waals surface area contributed by atoms with Gasteiger partial charge in [0.25, 0.3) is 0 Å². The van der Waals surface area contributed by atoms with E-state index in [1.54, 1.807) is 42.5 Å². The quantitative estimate of drug-likeness (QED) is 0.617. The molecule has 2 amide bonds. The normalized spacial score (nSPS) is 12.6. The molecule has 1 heterocycles. The number of rotatable bonds is 5. The molecule has 7 heteroatoms. The number of hydrogen-bond acceptors (Lipinski definition) is 4. The van der Waals surface area contributed by atoms with Gasteiger partial charge in [0.15, 0.2) is 5.58 Å². The minimum Gasteiger partial charge on any atom is -0.440 e. The molecule has 152 valence electrons. The van der Waals surface area contributed by atoms with Crippen LogP contribution in [0.3, 0.4) is 0 Å². The van der Waals surface area contributed by atoms with E-state index in [-0.39, 0.29) is 23.7 Å². The first-order valence-electron chi connectivity index (χ1n) is 9.35. The molecule has 0 fully saturated rings. The Bertz CT molecular complexity index is 1040. The molecular formula is C22H24ClN3O3. The van der Waals surface area contributed by atoms with Gasteiger partial charge in [0.1, 0.15) is 5.52 Å². The SMILES string of the molecule is CC(=O)NC(CC(=O)Nc1ccc2oc(C(C)(C)C)nc2c1)c1ccc(Cl)cc1. The molecule has 1 aromatic heterocycles. The Labute approximate surface area is 174 Å². The lowest BCUT2D eigenvalue weighted by molar-refractivity contribution is -0.120. The van der Waals surface area contributed by atoms with Crippen LogP contribution in [0.1, 0.15) is 51.6 Å². The zero-order valence-electron chi connectivity index (χ0n) is 16.9. The lowest BCUT2D eigenvalue weighted by Crippen LogP contribution is -2.29. The van der Waals surface area contributed by atoms with Gasteiger partial charge in [0.05, 0.1) is 12.5 Å². The average molecular weight is 414 g/mol. The summed E-state index contributed by atoms with van der Waals surface area (Å²) in [4.78, 5) is 28.7. The maximum Gasteiger partial charge on any atom is 0.226 e. The highest BCUT2D eigenvalue weighted by Gasteiger charge is 2.21. The summed E-state index contributed by atoms with van der Waals surface area (Å²) in [7, 11) is 0. The first-order valence-corrected chi connectivity index (χ1v) is 9.73. The summed E-state index contributed by atoms with van der Waals surface area (Å²) in [5, 5.41) is 6.27. The van der Waals surface area contributed by atoms with E-state index in [9.17, 15) is 9.59 Å². The minimum absolute atomic E-state index is 0.0886. The van der Waals surface area contributed by atoms with Gasteiger partial charge < -0.3 is 15.1 Å². The zero-order chi connectivity index (χ0) is 21.2. The third kappa shape index (κ3) is 5.35. The van der Waals surface area contributed by atoms with Crippen molar-refractivity contribution in [3.8, 4) is 0 Å². The molecular weight excluding hydrogens is 390 g/mol. The number of hydrogen-bond donors (Lipinski definition) is 2. The van der Waals surface area contributed by atoms with Gasteiger partial charge >= 0.3 is 0 Å². The Morgan fingerprint density at radius 3 is 2.45 bits per heavy atom. The van der Waals surface area contributed by atoms with Crippen molar-refractivity contribution < 1.29 is 14.0 Å². The predicted octanol–water partition coefficient (Wildman–Crippen LogP) is 4.98. The summed E-state index contributed by atoms with van der Waals surface area (Å²) in [6, 6.07) is 11.9. The molecule has 0 aliphatic heterocycles. The Hall–Kier alpha value is -2.86. The highest BCUT2D eigenvalue weighted by Crippen LogP contribution is 2.27. The van der Waals surface area contributed by atoms with Crippen LogP contribution in [0.5, 0.6) is 0 Å². The van der Waals surface area contributed by atoms with Crippen molar-refractivity contribution in [2.24, 2.45) is 0 Å². The number of benzene rings is 2. The van der Waals surface area contributed by atoms with Crippen molar-refractivity contribution in [1.82, 2.24) is 10.3 Å². The van der Waals surface area contributed by atoms with Crippen LogP contribution in [-0.2, 0) is 15.0 Å². The third-order valence-electron chi connectivity index (χ3n) is 4.35. The fourth-order valence-corrected chi connectivity index (χ4v) is 3.04. The van der Waals surface area contributed by atoms with E-state index in [2.05, 4.69) is 15.6 Å². The van der Waals surface area contributed by atoms with Crippen LogP contribution < -0.4 is 10.6 Å². The smallest absolute Gasteiger partial charge is 0.226 e. The van der Waals surface area contributed by atoms with Gasteiger partial charge in [0, 0.05) is 23.0 Å². The number of nitrogens with zero attached hydrogens (tertiary/aromatic N) is 1. The largest absolute Gasteiger partial charge is 0.440 e. The molecule has 2 N–H and O–H groups in total. The molecule has 0 bridgehead atoms. The Morgan fingerprint density at radius 1 is 1.14 bits per heavy atom. The molecule has 3 aromatic rings. The number of carbonyl (C=O) groups is 2. The summed E-state index contributed by atoms with van der Waals surface area (Å²) in [6.45, 7) is 7.50. The van der Waals surface area contributed by atoms with E-state index in [1.807, 2.05) is 20.8 Å². The lowest BCUT2D eigenvalue weighted by atomic mass is 9.97. The number of oxazole rings is 1. The third-order valence-corrected chi connectivity index (χ3v) is 4.60. The van der Waals surface area contributed by atoms with Crippen molar-refractivity contribution >= 4 is 40.2 Å². The van der Waals surface area contributed by atoms with Crippen LogP contribution in [0.25, 0.3) is 11.1 Å². The first-order chi connectivity index (χ1) is 13.6. The number of aromatic nitrogens is 1. The van der Waals surface area contributed by atoms with Crippen LogP contribution in [0, 0.1) is 0 Å². The Balaban J connectivity index is 1.75. The van der Waals surface area contributed by atoms with Crippen LogP contribution in [0.4, 0.5) is 5.69 Å². The predicted molar refractivity (Wildman–Crippen MR) is 114 cm³/mol. The van der Waals surface area contributed by atoms with Gasteiger partial charge in [-0.25, -0.2) is 4.98 Å². The van der Waals surface area contributed by atoms with Crippen LogP contribution >= 0.6 is 11.6 Å². The Kier molecular flexibility index (Phi) is 5.94. The molecule has 2 aromatic carbocycles. The van der Waals surface area contributed by atoms with E-state index in [1.165, 1.54) is 6.92 Å². The molecule has 29 heavy (non-hydrogen) atoms. The molecule has 3 rings (SSSR count). The molecule has 0 saturated heterocycles. The van der Waals surface area contributed by atoms with Gasteiger partial charge in [-0.3, -0.25) is 9.59 Å². The fraction of sp³-hybridized carbons (Fsp3) is 0.318. The van der Waals surface area contributed by atoms with Crippen molar-refractivity contribution in [3.63, 3.8) is 0 Å². The number of nitrogens with one attached hydrogen (secondary N) is 2. The van der Waals surface area contributed by atoms with Gasteiger partial charge in [0.2, 0.25) is 17.7 Å². The number of anilines is 1. The lowest BCUT2D eigenvalue weighted by Gasteiger charge is -2.18. The van der Waals surface area contributed by atoms with Crippen molar-refractivity contribution in [1.29, 1.82) is 0 Å². The Morgan fingerprint density at radius 2 is 1.83 bits per heavy atom. The van der Waals surface area contributed by atoms with Gasteiger partial charge in [-0.1, -0.05) is 44.5 Å². The standard InChI is InChI=1S/C22H24ClN3O3/c1-13(27)24-17(14-5-7-15(23)8-6-14)12-20(28)25-16-9-10-19-18(11-16)26-21(29-19)22(2,3)4/h5-11,17H,12H2,1-4H3,(H,24,27)(H,25,28). The van der Waals surface area contributed by atoms with Crippen molar-refractivity contribution in [2.45, 2.75) is 45.6 Å². The number of halogens is 1. The summed E-state index contributed by atoms with van der Waals surface area (Å²) in [5.41, 5.74) is 2.58. The van der Waals surface area contributed by atoms with E-state index in [0.29, 0.717) is 27.7 Å². The second-order valence-corrected chi connectivity index (χ2v) is 8.44. The molecule has 1 unspecified atom stereocenters. The fourth-order valence-electron chi connectivity index (χ4n) is 2.92. The molecule has 0 aliphatic carbocycles. The number of amides is 2. The van der Waals surface area contributed by atoms with Crippen LogP contribution in [-0.4, -0.2) is 16.8 Å². The maximum atomic E-state index is 12.6. The van der Waals surface area contributed by atoms with Crippen molar-refractivity contribution in [3.05, 3.63) is 58.9 Å². The van der Waals surface area contributed by atoms with Gasteiger partial charge in [-0.15, -0.1) is 0 Å². The summed E-state index contributed by atoms with van der Waals surface area (Å²) in [5.74, 6) is 0.207. The monoisotopic (exact) mass is 413 g/mol. The highest BCUT2D eigenvalue weighted by atomic mass is 35.5. The molecule has 0 aliphatic rings. The molecule has 1 atom stereocenters. The van der Waals surface area contributed by atoms with Gasteiger partial charge in [-0.05, 0) is 35.9 Å². The van der Waals surface area contributed by atoms with Crippen molar-refractivity contribution in [2.75, 3.05) is 5.32 Å². The molecule has 0 spiro atoms. The first kappa shape index (κ1) is 20.9. The average Bonchev–Trinajstić information content (AvgIpc) is 3.05. The topological polar surface area (TPSA) is 84.2 Å². The second kappa shape index (κ2) is 8.25. The molecule has 0 saturated carbocycles. The van der Waals surface area contributed by atoms with E-state index in [4.69, 9.17) is 16.0 Å². The van der Waals surface area contributed by atoms with E-state index in [0.717, 1.165) is 5.56 Å². The van der Waals surface area contributed by atoms with Crippen LogP contribution in [0.15, 0.2) is 46.9 Å². The second-order valence-electron chi connectivity index (χ2n) is 8.01. The number of carbonyl (C=O) groups excluding carboxylic acids is 2. The maximum absolute atomic E-state index is 12.6. The zero-order valence-corrected chi connectivity index (χ0v) is 17.6.